The first-order valence-corrected chi connectivity index (χ1v) is 4.95. The largest absolute Gasteiger partial charge is 0.366 e. The molecule has 1 rings (SSSR count). The zero-order chi connectivity index (χ0) is 10.0. The molecule has 0 saturated heterocycles. The van der Waals surface area contributed by atoms with Gasteiger partial charge in [-0.3, -0.25) is 4.79 Å². The van der Waals surface area contributed by atoms with Gasteiger partial charge in [0.25, 0.3) is 0 Å². The first-order valence-electron chi connectivity index (χ1n) is 4.16. The van der Waals surface area contributed by atoms with Crippen molar-refractivity contribution in [1.82, 2.24) is 4.98 Å². The van der Waals surface area contributed by atoms with Gasteiger partial charge in [0.05, 0.1) is 4.47 Å². The van der Waals surface area contributed by atoms with Crippen LogP contribution in [0.5, 0.6) is 0 Å². The summed E-state index contributed by atoms with van der Waals surface area (Å²) in [4.78, 5) is 14.4. The number of nitrogens with two attached hydrogens (primary N) is 1. The monoisotopic (exact) mass is 244 g/mol. The Morgan fingerprint density at radius 1 is 1.46 bits per heavy atom. The molecule has 1 heterocycles. The Bertz CT molecular complexity index is 346. The van der Waals surface area contributed by atoms with Crippen LogP contribution in [0, 0.1) is 5.92 Å². The average molecular weight is 245 g/mol. The summed E-state index contributed by atoms with van der Waals surface area (Å²) in [7, 11) is 0. The van der Waals surface area contributed by atoms with Crippen LogP contribution in [0.4, 0.5) is 0 Å². The molecular formula is C9H13BrN2O. The Morgan fingerprint density at radius 3 is 2.62 bits per heavy atom. The van der Waals surface area contributed by atoms with Gasteiger partial charge in [-0.1, -0.05) is 13.8 Å². The summed E-state index contributed by atoms with van der Waals surface area (Å²) in [5.41, 5.74) is 6.47. The van der Waals surface area contributed by atoms with E-state index in [-0.39, 0.29) is 17.4 Å². The first-order chi connectivity index (χ1) is 6.04. The van der Waals surface area contributed by atoms with E-state index in [4.69, 9.17) is 5.73 Å². The third kappa shape index (κ3) is 2.19. The Morgan fingerprint density at radius 2 is 2.08 bits per heavy atom. The molecule has 3 N–H and O–H groups in total. The lowest BCUT2D eigenvalue weighted by atomic mass is 9.98. The second-order valence-electron chi connectivity index (χ2n) is 3.36. The van der Waals surface area contributed by atoms with Gasteiger partial charge in [0.2, 0.25) is 0 Å². The lowest BCUT2D eigenvalue weighted by Gasteiger charge is -2.14. The van der Waals surface area contributed by atoms with E-state index in [1.54, 1.807) is 12.4 Å². The second kappa shape index (κ2) is 4.07. The zero-order valence-corrected chi connectivity index (χ0v) is 9.26. The van der Waals surface area contributed by atoms with Gasteiger partial charge >= 0.3 is 0 Å². The number of hydrogen-bond donors (Lipinski definition) is 2. The number of pyridine rings is 1. The Labute approximate surface area is 85.5 Å². The van der Waals surface area contributed by atoms with Gasteiger partial charge in [-0.05, 0) is 21.8 Å². The quantitative estimate of drug-likeness (QED) is 0.834. The molecule has 4 heteroatoms. The molecule has 72 valence electrons. The third-order valence-corrected chi connectivity index (χ3v) is 2.59. The van der Waals surface area contributed by atoms with Gasteiger partial charge in [-0.2, -0.15) is 0 Å². The van der Waals surface area contributed by atoms with Crippen molar-refractivity contribution < 1.29 is 0 Å². The van der Waals surface area contributed by atoms with Gasteiger partial charge in [0.1, 0.15) is 0 Å². The van der Waals surface area contributed by atoms with Crippen LogP contribution < -0.4 is 11.2 Å². The Balaban J connectivity index is 3.16. The molecule has 0 bridgehead atoms. The molecule has 0 aliphatic rings. The number of rotatable bonds is 2. The molecule has 0 aliphatic carbocycles. The van der Waals surface area contributed by atoms with Gasteiger partial charge in [-0.25, -0.2) is 0 Å². The van der Waals surface area contributed by atoms with Crippen molar-refractivity contribution in [2.24, 2.45) is 11.7 Å². The van der Waals surface area contributed by atoms with Crippen LogP contribution >= 0.6 is 15.9 Å². The molecule has 0 amide bonds. The number of halogens is 1. The fraction of sp³-hybridized carbons (Fsp3) is 0.444. The van der Waals surface area contributed by atoms with Crippen molar-refractivity contribution in [3.8, 4) is 0 Å². The maximum absolute atomic E-state index is 11.6. The molecule has 0 fully saturated rings. The molecule has 1 atom stereocenters. The van der Waals surface area contributed by atoms with Crippen LogP contribution in [0.3, 0.4) is 0 Å². The van der Waals surface area contributed by atoms with E-state index >= 15 is 0 Å². The molecule has 1 aromatic heterocycles. The van der Waals surface area contributed by atoms with Crippen LogP contribution in [0.2, 0.25) is 0 Å². The highest BCUT2D eigenvalue weighted by Crippen LogP contribution is 2.15. The van der Waals surface area contributed by atoms with Crippen LogP contribution in [-0.2, 0) is 0 Å². The highest BCUT2D eigenvalue weighted by Gasteiger charge is 2.14. The number of aromatic nitrogens is 1. The van der Waals surface area contributed by atoms with Crippen molar-refractivity contribution >= 4 is 15.9 Å². The predicted molar refractivity (Wildman–Crippen MR) is 56.5 cm³/mol. The van der Waals surface area contributed by atoms with E-state index in [1.165, 1.54) is 0 Å². The molecule has 1 aromatic rings. The van der Waals surface area contributed by atoms with Gasteiger partial charge < -0.3 is 10.7 Å². The van der Waals surface area contributed by atoms with E-state index in [0.29, 0.717) is 10.0 Å². The van der Waals surface area contributed by atoms with E-state index in [9.17, 15) is 4.79 Å². The molecule has 0 aliphatic heterocycles. The summed E-state index contributed by atoms with van der Waals surface area (Å²) < 4.78 is 0.529. The summed E-state index contributed by atoms with van der Waals surface area (Å²) in [6.07, 6.45) is 3.27. The van der Waals surface area contributed by atoms with Crippen LogP contribution in [0.25, 0.3) is 0 Å². The number of hydrogen-bond acceptors (Lipinski definition) is 2. The lowest BCUT2D eigenvalue weighted by Crippen LogP contribution is -2.24. The number of H-pyrrole nitrogens is 1. The summed E-state index contributed by atoms with van der Waals surface area (Å²) >= 11 is 3.16. The van der Waals surface area contributed by atoms with E-state index in [0.717, 1.165) is 0 Å². The highest BCUT2D eigenvalue weighted by molar-refractivity contribution is 9.10. The molecular weight excluding hydrogens is 232 g/mol. The third-order valence-electron chi connectivity index (χ3n) is 2.01. The van der Waals surface area contributed by atoms with Crippen molar-refractivity contribution in [2.75, 3.05) is 0 Å². The normalized spacial score (nSPS) is 13.3. The summed E-state index contributed by atoms with van der Waals surface area (Å²) in [5, 5.41) is 0. The molecule has 13 heavy (non-hydrogen) atoms. The van der Waals surface area contributed by atoms with Gasteiger partial charge in [0.15, 0.2) is 5.43 Å². The lowest BCUT2D eigenvalue weighted by molar-refractivity contribution is 0.510. The number of nitrogens with one attached hydrogen (secondary N) is 1. The first kappa shape index (κ1) is 10.5. The number of aromatic amines is 1. The zero-order valence-electron chi connectivity index (χ0n) is 7.67. The maximum atomic E-state index is 11.6. The Kier molecular flexibility index (Phi) is 3.27. The van der Waals surface area contributed by atoms with Crippen LogP contribution in [-0.4, -0.2) is 4.98 Å². The molecule has 0 aromatic carbocycles. The highest BCUT2D eigenvalue weighted by atomic mass is 79.9. The Hall–Kier alpha value is -0.610. The minimum atomic E-state index is -0.207. The van der Waals surface area contributed by atoms with E-state index in [1.807, 2.05) is 13.8 Å². The smallest absolute Gasteiger partial charge is 0.200 e. The summed E-state index contributed by atoms with van der Waals surface area (Å²) in [6, 6.07) is -0.207. The minimum Gasteiger partial charge on any atom is -0.366 e. The molecule has 0 saturated carbocycles. The molecule has 0 spiro atoms. The van der Waals surface area contributed by atoms with Crippen LogP contribution in [0.1, 0.15) is 25.5 Å². The van der Waals surface area contributed by atoms with Crippen molar-refractivity contribution in [2.45, 2.75) is 19.9 Å². The second-order valence-corrected chi connectivity index (χ2v) is 4.21. The van der Waals surface area contributed by atoms with Crippen molar-refractivity contribution in [3.63, 3.8) is 0 Å². The fourth-order valence-corrected chi connectivity index (χ4v) is 1.44. The van der Waals surface area contributed by atoms with Crippen molar-refractivity contribution in [3.05, 3.63) is 32.7 Å². The van der Waals surface area contributed by atoms with Gasteiger partial charge in [-0.15, -0.1) is 0 Å². The SMILES string of the molecule is CC(C)[C@H](N)c1c[nH]cc(Br)c1=O. The van der Waals surface area contributed by atoms with Crippen molar-refractivity contribution in [1.29, 1.82) is 0 Å². The molecule has 0 unspecified atom stereocenters. The average Bonchev–Trinajstić information content (AvgIpc) is 2.08. The minimum absolute atomic E-state index is 0.0278. The van der Waals surface area contributed by atoms with E-state index < -0.39 is 0 Å². The summed E-state index contributed by atoms with van der Waals surface area (Å²) in [6.45, 7) is 3.98. The van der Waals surface area contributed by atoms with Crippen LogP contribution in [0.15, 0.2) is 21.7 Å². The fourth-order valence-electron chi connectivity index (χ4n) is 1.08. The standard InChI is InChI=1S/C9H13BrN2O/c1-5(2)8(11)6-3-12-4-7(10)9(6)13/h3-5,8H,11H2,1-2H3,(H,12,13)/t8-/m0/s1. The molecule has 3 nitrogen and oxygen atoms in total. The molecule has 0 radical (unpaired) electrons. The topological polar surface area (TPSA) is 58.9 Å². The predicted octanol–water partition coefficient (Wildman–Crippen LogP) is 1.79. The summed E-state index contributed by atoms with van der Waals surface area (Å²) in [5.74, 6) is 0.260. The maximum Gasteiger partial charge on any atom is 0.200 e. The van der Waals surface area contributed by atoms with E-state index in [2.05, 4.69) is 20.9 Å². The van der Waals surface area contributed by atoms with Gasteiger partial charge in [0, 0.05) is 24.0 Å².